The van der Waals surface area contributed by atoms with Crippen LogP contribution in [0.25, 0.3) is 5.69 Å². The number of fused-ring (bicyclic) bond motifs is 1. The number of nitrogens with two attached hydrogens (primary N) is 1. The van der Waals surface area contributed by atoms with Gasteiger partial charge >= 0.3 is 5.97 Å². The Bertz CT molecular complexity index is 1040. The molecule has 0 saturated heterocycles. The number of nitrogens with zero attached hydrogens (tertiary/aromatic N) is 3. The second-order valence-corrected chi connectivity index (χ2v) is 6.37. The highest BCUT2D eigenvalue weighted by Crippen LogP contribution is 2.45. The van der Waals surface area contributed by atoms with Gasteiger partial charge in [0.25, 0.3) is 0 Å². The first-order valence-electron chi connectivity index (χ1n) is 9.01. The molecule has 2 aromatic heterocycles. The molecule has 0 amide bonds. The summed E-state index contributed by atoms with van der Waals surface area (Å²) in [6.45, 7) is 3.89. The van der Waals surface area contributed by atoms with Gasteiger partial charge in [-0.25, -0.2) is 9.48 Å². The molecule has 0 fully saturated rings. The number of benzene rings is 1. The van der Waals surface area contributed by atoms with Gasteiger partial charge in [-0.05, 0) is 43.7 Å². The topological polar surface area (TPSA) is 92.3 Å². The summed E-state index contributed by atoms with van der Waals surface area (Å²) in [5, 5.41) is 4.65. The number of aryl methyl sites for hydroxylation is 1. The molecule has 7 heteroatoms. The van der Waals surface area contributed by atoms with E-state index in [0.29, 0.717) is 5.88 Å². The highest BCUT2D eigenvalue weighted by Gasteiger charge is 2.39. The molecule has 3 heterocycles. The minimum absolute atomic E-state index is 0.0184. The third-order valence-corrected chi connectivity index (χ3v) is 4.65. The zero-order valence-electron chi connectivity index (χ0n) is 15.6. The van der Waals surface area contributed by atoms with E-state index in [0.717, 1.165) is 22.5 Å². The summed E-state index contributed by atoms with van der Waals surface area (Å²) in [7, 11) is 0. The number of rotatable bonds is 4. The Morgan fingerprint density at radius 1 is 1.21 bits per heavy atom. The van der Waals surface area contributed by atoms with Crippen molar-refractivity contribution in [2.75, 3.05) is 6.61 Å². The van der Waals surface area contributed by atoms with Crippen molar-refractivity contribution in [2.45, 2.75) is 19.8 Å². The highest BCUT2D eigenvalue weighted by molar-refractivity contribution is 5.92. The first-order valence-corrected chi connectivity index (χ1v) is 9.01. The minimum Gasteiger partial charge on any atom is -0.462 e. The Balaban J connectivity index is 1.94. The third-order valence-electron chi connectivity index (χ3n) is 4.65. The number of carbonyl (C=O) groups excluding carboxylic acids is 1. The number of carbonyl (C=O) groups is 1. The van der Waals surface area contributed by atoms with E-state index in [1.165, 1.54) is 0 Å². The van der Waals surface area contributed by atoms with Gasteiger partial charge in [0.05, 0.1) is 29.5 Å². The lowest BCUT2D eigenvalue weighted by molar-refractivity contribution is -0.139. The molecule has 0 spiro atoms. The van der Waals surface area contributed by atoms with E-state index in [9.17, 15) is 4.79 Å². The second kappa shape index (κ2) is 7.19. The Morgan fingerprint density at radius 3 is 2.61 bits per heavy atom. The SMILES string of the molecule is CCOC(=O)C1=C(N)Oc2c(c(C)nn2-c2ccccc2)C1c1ccncc1. The quantitative estimate of drug-likeness (QED) is 0.704. The molecule has 4 rings (SSSR count). The van der Waals surface area contributed by atoms with Gasteiger partial charge in [0.15, 0.2) is 0 Å². The van der Waals surface area contributed by atoms with Crippen LogP contribution in [-0.2, 0) is 9.53 Å². The van der Waals surface area contributed by atoms with Crippen LogP contribution in [-0.4, -0.2) is 27.3 Å². The van der Waals surface area contributed by atoms with Crippen molar-refractivity contribution in [3.63, 3.8) is 0 Å². The van der Waals surface area contributed by atoms with Crippen LogP contribution in [0.2, 0.25) is 0 Å². The van der Waals surface area contributed by atoms with Gasteiger partial charge < -0.3 is 15.2 Å². The van der Waals surface area contributed by atoms with Crippen molar-refractivity contribution in [1.29, 1.82) is 0 Å². The monoisotopic (exact) mass is 376 g/mol. The van der Waals surface area contributed by atoms with Crippen LogP contribution in [0.4, 0.5) is 0 Å². The molecule has 0 radical (unpaired) electrons. The molecular formula is C21H20N4O3. The second-order valence-electron chi connectivity index (χ2n) is 6.37. The zero-order chi connectivity index (χ0) is 19.7. The molecular weight excluding hydrogens is 356 g/mol. The predicted octanol–water partition coefficient (Wildman–Crippen LogP) is 2.83. The number of hydrogen-bond donors (Lipinski definition) is 1. The fourth-order valence-corrected chi connectivity index (χ4v) is 3.46. The number of hydrogen-bond acceptors (Lipinski definition) is 6. The fourth-order valence-electron chi connectivity index (χ4n) is 3.46. The van der Waals surface area contributed by atoms with Crippen LogP contribution in [0, 0.1) is 6.92 Å². The molecule has 3 aromatic rings. The van der Waals surface area contributed by atoms with Gasteiger partial charge in [-0.3, -0.25) is 4.98 Å². The third kappa shape index (κ3) is 2.90. The van der Waals surface area contributed by atoms with Crippen LogP contribution in [0.15, 0.2) is 66.3 Å². The van der Waals surface area contributed by atoms with Crippen molar-refractivity contribution in [3.8, 4) is 11.6 Å². The first kappa shape index (κ1) is 17.8. The van der Waals surface area contributed by atoms with Crippen LogP contribution in [0.1, 0.15) is 29.7 Å². The molecule has 1 unspecified atom stereocenters. The van der Waals surface area contributed by atoms with E-state index >= 15 is 0 Å². The smallest absolute Gasteiger partial charge is 0.340 e. The summed E-state index contributed by atoms with van der Waals surface area (Å²) in [6.07, 6.45) is 3.36. The van der Waals surface area contributed by atoms with Crippen molar-refractivity contribution in [2.24, 2.45) is 5.73 Å². The number of ether oxygens (including phenoxy) is 2. The van der Waals surface area contributed by atoms with Gasteiger partial charge in [-0.1, -0.05) is 18.2 Å². The summed E-state index contributed by atoms with van der Waals surface area (Å²) in [4.78, 5) is 16.8. The zero-order valence-corrected chi connectivity index (χ0v) is 15.6. The van der Waals surface area contributed by atoms with Gasteiger partial charge in [0.2, 0.25) is 11.8 Å². The van der Waals surface area contributed by atoms with Crippen molar-refractivity contribution >= 4 is 5.97 Å². The lowest BCUT2D eigenvalue weighted by Gasteiger charge is -2.27. The summed E-state index contributed by atoms with van der Waals surface area (Å²) >= 11 is 0. The molecule has 7 nitrogen and oxygen atoms in total. The maximum atomic E-state index is 12.7. The fraction of sp³-hybridized carbons (Fsp3) is 0.190. The average molecular weight is 376 g/mol. The summed E-state index contributed by atoms with van der Waals surface area (Å²) in [5.41, 5.74) is 9.72. The molecule has 1 atom stereocenters. The summed E-state index contributed by atoms with van der Waals surface area (Å²) in [5.74, 6) is -0.441. The van der Waals surface area contributed by atoms with E-state index < -0.39 is 11.9 Å². The summed E-state index contributed by atoms with van der Waals surface area (Å²) in [6, 6.07) is 13.3. The van der Waals surface area contributed by atoms with Crippen molar-refractivity contribution in [3.05, 3.63) is 83.1 Å². The van der Waals surface area contributed by atoms with Gasteiger partial charge in [-0.15, -0.1) is 0 Å². The number of para-hydroxylation sites is 1. The van der Waals surface area contributed by atoms with Crippen LogP contribution >= 0.6 is 0 Å². The van der Waals surface area contributed by atoms with Gasteiger partial charge in [0, 0.05) is 12.4 Å². The first-order chi connectivity index (χ1) is 13.6. The van der Waals surface area contributed by atoms with Crippen molar-refractivity contribution < 1.29 is 14.3 Å². The molecule has 0 saturated carbocycles. The molecule has 1 aliphatic rings. The Hall–Kier alpha value is -3.61. The minimum atomic E-state index is -0.501. The number of aromatic nitrogens is 3. The molecule has 0 bridgehead atoms. The van der Waals surface area contributed by atoms with Crippen molar-refractivity contribution in [1.82, 2.24) is 14.8 Å². The maximum absolute atomic E-state index is 12.7. The van der Waals surface area contributed by atoms with E-state index in [-0.39, 0.29) is 18.1 Å². The molecule has 2 N–H and O–H groups in total. The summed E-state index contributed by atoms with van der Waals surface area (Å²) < 4.78 is 12.9. The standard InChI is InChI=1S/C21H20N4O3/c1-3-27-21(26)18-17(14-9-11-23-12-10-14)16-13(2)24-25(20(16)28-19(18)22)15-7-5-4-6-8-15/h4-12,17H,3,22H2,1-2H3. The van der Waals surface area contributed by atoms with Crippen LogP contribution in [0.5, 0.6) is 5.88 Å². The number of pyridine rings is 1. The Morgan fingerprint density at radius 2 is 1.93 bits per heavy atom. The normalized spacial score (nSPS) is 15.7. The lowest BCUT2D eigenvalue weighted by Crippen LogP contribution is -2.28. The molecule has 1 aliphatic heterocycles. The largest absolute Gasteiger partial charge is 0.462 e. The van der Waals surface area contributed by atoms with E-state index in [1.807, 2.05) is 49.4 Å². The maximum Gasteiger partial charge on any atom is 0.340 e. The van der Waals surface area contributed by atoms with Gasteiger partial charge in [0.1, 0.15) is 5.57 Å². The molecule has 0 aliphatic carbocycles. The van der Waals surface area contributed by atoms with Crippen LogP contribution in [0.3, 0.4) is 0 Å². The average Bonchev–Trinajstić information content (AvgIpc) is 3.04. The van der Waals surface area contributed by atoms with E-state index in [1.54, 1.807) is 24.0 Å². The Labute approximate surface area is 162 Å². The van der Waals surface area contributed by atoms with E-state index in [2.05, 4.69) is 10.1 Å². The van der Waals surface area contributed by atoms with Gasteiger partial charge in [-0.2, -0.15) is 5.10 Å². The lowest BCUT2D eigenvalue weighted by atomic mass is 9.84. The van der Waals surface area contributed by atoms with Crippen LogP contribution < -0.4 is 10.5 Å². The predicted molar refractivity (Wildman–Crippen MR) is 103 cm³/mol. The van der Waals surface area contributed by atoms with E-state index in [4.69, 9.17) is 15.2 Å². The Kier molecular flexibility index (Phi) is 4.57. The highest BCUT2D eigenvalue weighted by atomic mass is 16.5. The molecule has 28 heavy (non-hydrogen) atoms. The number of esters is 1. The molecule has 1 aromatic carbocycles. The molecule has 142 valence electrons.